The molecule has 0 aliphatic carbocycles. The van der Waals surface area contributed by atoms with Crippen molar-refractivity contribution in [2.24, 2.45) is 0 Å². The van der Waals surface area contributed by atoms with Gasteiger partial charge in [-0.1, -0.05) is 22.6 Å². The standard InChI is InChI=1S/C8H13FIN/c9-7-5-8(1-3-10)2-4-11(8)6-7/h7H,1-6H2/t7-,8+/m1/s1. The summed E-state index contributed by atoms with van der Waals surface area (Å²) in [5.74, 6) is 0. The molecule has 0 aromatic rings. The second kappa shape index (κ2) is 2.83. The van der Waals surface area contributed by atoms with E-state index in [0.717, 1.165) is 13.0 Å². The van der Waals surface area contributed by atoms with Crippen LogP contribution in [0.3, 0.4) is 0 Å². The molecule has 0 spiro atoms. The zero-order valence-corrected chi connectivity index (χ0v) is 8.68. The van der Waals surface area contributed by atoms with E-state index in [1.807, 2.05) is 0 Å². The van der Waals surface area contributed by atoms with Crippen molar-refractivity contribution in [1.29, 1.82) is 0 Å². The molecular weight excluding hydrogens is 256 g/mol. The molecule has 0 unspecified atom stereocenters. The topological polar surface area (TPSA) is 3.24 Å². The molecule has 0 aromatic carbocycles. The number of rotatable bonds is 2. The molecular formula is C8H13FIN. The summed E-state index contributed by atoms with van der Waals surface area (Å²) >= 11 is 2.39. The van der Waals surface area contributed by atoms with Crippen LogP contribution in [-0.2, 0) is 0 Å². The zero-order valence-electron chi connectivity index (χ0n) is 6.52. The average Bonchev–Trinajstić information content (AvgIpc) is 2.15. The highest BCUT2D eigenvalue weighted by Crippen LogP contribution is 2.44. The van der Waals surface area contributed by atoms with Crippen molar-refractivity contribution in [2.75, 3.05) is 17.5 Å². The number of hydrogen-bond acceptors (Lipinski definition) is 1. The molecule has 2 aliphatic heterocycles. The van der Waals surface area contributed by atoms with Gasteiger partial charge in [-0.25, -0.2) is 4.39 Å². The average molecular weight is 269 g/mol. The van der Waals surface area contributed by atoms with E-state index in [9.17, 15) is 4.39 Å². The fourth-order valence-electron chi connectivity index (χ4n) is 2.38. The van der Waals surface area contributed by atoms with Crippen LogP contribution in [0.25, 0.3) is 0 Å². The van der Waals surface area contributed by atoms with Crippen LogP contribution in [0.1, 0.15) is 19.3 Å². The van der Waals surface area contributed by atoms with Crippen LogP contribution in [0, 0.1) is 0 Å². The number of nitrogens with zero attached hydrogens (tertiary/aromatic N) is 1. The molecule has 2 atom stereocenters. The molecule has 64 valence electrons. The number of halogens is 2. The summed E-state index contributed by atoms with van der Waals surface area (Å²) in [7, 11) is 0. The van der Waals surface area contributed by atoms with Gasteiger partial charge >= 0.3 is 0 Å². The Bertz CT molecular complexity index is 164. The van der Waals surface area contributed by atoms with Gasteiger partial charge in [-0.2, -0.15) is 0 Å². The van der Waals surface area contributed by atoms with Crippen LogP contribution in [0.5, 0.6) is 0 Å². The molecule has 0 N–H and O–H groups in total. The first kappa shape index (κ1) is 8.23. The Hall–Kier alpha value is 0.620. The molecule has 0 saturated carbocycles. The van der Waals surface area contributed by atoms with Gasteiger partial charge in [0.25, 0.3) is 0 Å². The Labute approximate surface area is 80.5 Å². The van der Waals surface area contributed by atoms with Gasteiger partial charge in [0.05, 0.1) is 0 Å². The third-order valence-electron chi connectivity index (χ3n) is 3.10. The van der Waals surface area contributed by atoms with E-state index in [-0.39, 0.29) is 0 Å². The van der Waals surface area contributed by atoms with Crippen LogP contribution in [0.4, 0.5) is 4.39 Å². The van der Waals surface area contributed by atoms with Gasteiger partial charge in [0.2, 0.25) is 0 Å². The third-order valence-corrected chi connectivity index (χ3v) is 3.64. The smallest absolute Gasteiger partial charge is 0.115 e. The molecule has 2 saturated heterocycles. The zero-order chi connectivity index (χ0) is 7.90. The molecule has 3 heteroatoms. The summed E-state index contributed by atoms with van der Waals surface area (Å²) in [5.41, 5.74) is 0.306. The molecule has 0 aromatic heterocycles. The maximum Gasteiger partial charge on any atom is 0.115 e. The van der Waals surface area contributed by atoms with E-state index < -0.39 is 6.17 Å². The Morgan fingerprint density at radius 1 is 1.64 bits per heavy atom. The minimum absolute atomic E-state index is 0.306. The van der Waals surface area contributed by atoms with Crippen LogP contribution < -0.4 is 0 Å². The van der Waals surface area contributed by atoms with Crippen LogP contribution in [0.15, 0.2) is 0 Å². The van der Waals surface area contributed by atoms with Crippen molar-refractivity contribution in [1.82, 2.24) is 4.90 Å². The molecule has 0 amide bonds. The molecule has 2 fully saturated rings. The fraction of sp³-hybridized carbons (Fsp3) is 1.00. The second-order valence-corrected chi connectivity index (χ2v) is 4.74. The minimum Gasteiger partial charge on any atom is -0.295 e. The molecule has 0 bridgehead atoms. The summed E-state index contributed by atoms with van der Waals surface area (Å²) < 4.78 is 14.2. The maximum atomic E-state index is 13.0. The van der Waals surface area contributed by atoms with Crippen molar-refractivity contribution < 1.29 is 4.39 Å². The van der Waals surface area contributed by atoms with Gasteiger partial charge in [-0.3, -0.25) is 4.90 Å². The molecule has 11 heavy (non-hydrogen) atoms. The Morgan fingerprint density at radius 3 is 2.91 bits per heavy atom. The monoisotopic (exact) mass is 269 g/mol. The highest BCUT2D eigenvalue weighted by Gasteiger charge is 2.50. The lowest BCUT2D eigenvalue weighted by Crippen LogP contribution is -2.55. The first-order valence-electron chi connectivity index (χ1n) is 4.22. The first-order chi connectivity index (χ1) is 5.27. The van der Waals surface area contributed by atoms with Crippen LogP contribution in [0.2, 0.25) is 0 Å². The number of hydrogen-bond donors (Lipinski definition) is 0. The van der Waals surface area contributed by atoms with E-state index in [1.54, 1.807) is 0 Å². The Morgan fingerprint density at radius 2 is 2.45 bits per heavy atom. The first-order valence-corrected chi connectivity index (χ1v) is 5.74. The molecule has 1 nitrogen and oxygen atoms in total. The largest absolute Gasteiger partial charge is 0.295 e. The van der Waals surface area contributed by atoms with Crippen molar-refractivity contribution >= 4 is 22.6 Å². The van der Waals surface area contributed by atoms with Crippen LogP contribution in [-0.4, -0.2) is 34.1 Å². The predicted molar refractivity (Wildman–Crippen MR) is 51.9 cm³/mol. The Kier molecular flexibility index (Phi) is 2.12. The molecule has 2 rings (SSSR count). The number of fused-ring (bicyclic) bond motifs is 1. The van der Waals surface area contributed by atoms with Gasteiger partial charge in [-0.05, 0) is 19.3 Å². The van der Waals surface area contributed by atoms with Crippen molar-refractivity contribution in [3.05, 3.63) is 0 Å². The van der Waals surface area contributed by atoms with E-state index in [0.29, 0.717) is 12.1 Å². The van der Waals surface area contributed by atoms with Crippen molar-refractivity contribution in [2.45, 2.75) is 31.0 Å². The van der Waals surface area contributed by atoms with Gasteiger partial charge in [0.1, 0.15) is 6.17 Å². The van der Waals surface area contributed by atoms with Gasteiger partial charge < -0.3 is 0 Å². The highest BCUT2D eigenvalue weighted by atomic mass is 127. The Balaban J connectivity index is 2.02. The van der Waals surface area contributed by atoms with Gasteiger partial charge in [0, 0.05) is 23.1 Å². The quantitative estimate of drug-likeness (QED) is 0.547. The van der Waals surface area contributed by atoms with E-state index in [4.69, 9.17) is 0 Å². The lowest BCUT2D eigenvalue weighted by molar-refractivity contribution is 0.0260. The van der Waals surface area contributed by atoms with Crippen LogP contribution >= 0.6 is 22.6 Å². The predicted octanol–water partition coefficient (Wildman–Crippen LogP) is 2.00. The summed E-state index contributed by atoms with van der Waals surface area (Å²) in [6.45, 7) is 1.84. The maximum absolute atomic E-state index is 13.0. The van der Waals surface area contributed by atoms with Gasteiger partial charge in [0.15, 0.2) is 0 Å². The molecule has 2 aliphatic rings. The molecule has 2 heterocycles. The fourth-order valence-corrected chi connectivity index (χ4v) is 3.38. The lowest BCUT2D eigenvalue weighted by atomic mass is 9.82. The minimum atomic E-state index is -0.541. The highest BCUT2D eigenvalue weighted by molar-refractivity contribution is 14.1. The third kappa shape index (κ3) is 1.20. The van der Waals surface area contributed by atoms with Crippen molar-refractivity contribution in [3.8, 4) is 0 Å². The van der Waals surface area contributed by atoms with Crippen molar-refractivity contribution in [3.63, 3.8) is 0 Å². The van der Waals surface area contributed by atoms with E-state index >= 15 is 0 Å². The summed E-state index contributed by atoms with van der Waals surface area (Å²) in [4.78, 5) is 2.33. The second-order valence-electron chi connectivity index (χ2n) is 3.66. The SMILES string of the molecule is F[C@H]1CN2CC[C@@]2(CCI)C1. The summed E-state index contributed by atoms with van der Waals surface area (Å²) in [6.07, 6.45) is 2.68. The summed E-state index contributed by atoms with van der Waals surface area (Å²) in [6, 6.07) is 0. The van der Waals surface area contributed by atoms with E-state index in [2.05, 4.69) is 27.5 Å². The van der Waals surface area contributed by atoms with Gasteiger partial charge in [-0.15, -0.1) is 0 Å². The number of alkyl halides is 2. The van der Waals surface area contributed by atoms with E-state index in [1.165, 1.54) is 17.3 Å². The normalized spacial score (nSPS) is 43.6. The summed E-state index contributed by atoms with van der Waals surface area (Å²) in [5, 5.41) is 0. The molecule has 0 radical (unpaired) electrons. The lowest BCUT2D eigenvalue weighted by Gasteiger charge is -2.48.